The van der Waals surface area contributed by atoms with Gasteiger partial charge in [0.1, 0.15) is 0 Å². The highest BCUT2D eigenvalue weighted by Gasteiger charge is 2.06. The molecule has 0 heterocycles. The van der Waals surface area contributed by atoms with E-state index in [1.54, 1.807) is 13.0 Å². The van der Waals surface area contributed by atoms with Crippen molar-refractivity contribution in [1.82, 2.24) is 0 Å². The van der Waals surface area contributed by atoms with Gasteiger partial charge in [-0.2, -0.15) is 0 Å². The first kappa shape index (κ1) is 15.8. The summed E-state index contributed by atoms with van der Waals surface area (Å²) in [5, 5.41) is 3.24. The van der Waals surface area contributed by atoms with Crippen molar-refractivity contribution >= 4 is 23.1 Å². The first-order valence-corrected chi connectivity index (χ1v) is 7.13. The van der Waals surface area contributed by atoms with E-state index in [2.05, 4.69) is 10.1 Å². The molecule has 0 aliphatic carbocycles. The number of para-hydroxylation sites is 1. The maximum absolute atomic E-state index is 11.6. The summed E-state index contributed by atoms with van der Waals surface area (Å²) in [5.74, 6) is -0.185. The average Bonchev–Trinajstić information content (AvgIpc) is 2.54. The summed E-state index contributed by atoms with van der Waals surface area (Å²) >= 11 is 0. The monoisotopic (exact) mass is 297 g/mol. The van der Waals surface area contributed by atoms with E-state index in [-0.39, 0.29) is 11.8 Å². The number of ketones is 1. The van der Waals surface area contributed by atoms with Crippen molar-refractivity contribution in [3.8, 4) is 0 Å². The van der Waals surface area contributed by atoms with Crippen LogP contribution in [0.4, 0.5) is 11.4 Å². The highest BCUT2D eigenvalue weighted by molar-refractivity contribution is 6.00. The Balaban J connectivity index is 2.06. The van der Waals surface area contributed by atoms with Crippen LogP contribution in [-0.4, -0.2) is 18.9 Å². The largest absolute Gasteiger partial charge is 0.469 e. The lowest BCUT2D eigenvalue weighted by molar-refractivity contribution is -0.140. The number of nitrogens with one attached hydrogen (secondary N) is 1. The van der Waals surface area contributed by atoms with Crippen molar-refractivity contribution in [1.29, 1.82) is 0 Å². The molecule has 2 aromatic rings. The van der Waals surface area contributed by atoms with Gasteiger partial charge in [-0.05, 0) is 43.2 Å². The van der Waals surface area contributed by atoms with Crippen molar-refractivity contribution < 1.29 is 14.3 Å². The average molecular weight is 297 g/mol. The van der Waals surface area contributed by atoms with E-state index in [1.807, 2.05) is 42.5 Å². The van der Waals surface area contributed by atoms with Gasteiger partial charge in [-0.25, -0.2) is 0 Å². The van der Waals surface area contributed by atoms with Crippen LogP contribution in [0.25, 0.3) is 0 Å². The van der Waals surface area contributed by atoms with Crippen molar-refractivity contribution in [3.05, 3.63) is 59.7 Å². The summed E-state index contributed by atoms with van der Waals surface area (Å²) in [6, 6.07) is 15.2. The van der Waals surface area contributed by atoms with Gasteiger partial charge in [0.15, 0.2) is 5.78 Å². The summed E-state index contributed by atoms with van der Waals surface area (Å²) in [6.45, 7) is 1.55. The second kappa shape index (κ2) is 7.41. The van der Waals surface area contributed by atoms with Crippen LogP contribution < -0.4 is 5.32 Å². The molecule has 0 bridgehead atoms. The molecule has 0 fully saturated rings. The Morgan fingerprint density at radius 3 is 2.36 bits per heavy atom. The Kier molecular flexibility index (Phi) is 5.31. The smallest absolute Gasteiger partial charge is 0.305 e. The van der Waals surface area contributed by atoms with E-state index in [4.69, 9.17) is 0 Å². The molecular weight excluding hydrogens is 278 g/mol. The molecule has 0 spiro atoms. The van der Waals surface area contributed by atoms with Gasteiger partial charge in [0.25, 0.3) is 0 Å². The second-order valence-electron chi connectivity index (χ2n) is 5.00. The van der Waals surface area contributed by atoms with Crippen LogP contribution in [0.15, 0.2) is 48.5 Å². The van der Waals surface area contributed by atoms with Crippen LogP contribution in [0.5, 0.6) is 0 Å². The zero-order valence-corrected chi connectivity index (χ0v) is 12.8. The third-order valence-electron chi connectivity index (χ3n) is 3.38. The zero-order valence-electron chi connectivity index (χ0n) is 12.8. The molecule has 0 aliphatic rings. The highest BCUT2D eigenvalue weighted by Crippen LogP contribution is 2.21. The number of Topliss-reactive ketones (excluding diaryl/α,β-unsaturated/α-hetero) is 1. The minimum absolute atomic E-state index is 0.0257. The standard InChI is InChI=1S/C18H19NO3/c1-13(20)16-5-3-4-6-17(16)19-15-10-7-14(8-11-15)9-12-18(21)22-2/h3-8,10-11,19H,9,12H2,1-2H3. The number of anilines is 2. The number of carbonyl (C=O) groups excluding carboxylic acids is 2. The van der Waals surface area contributed by atoms with Crippen molar-refractivity contribution in [2.45, 2.75) is 19.8 Å². The molecule has 0 saturated heterocycles. The predicted molar refractivity (Wildman–Crippen MR) is 86.5 cm³/mol. The Morgan fingerprint density at radius 1 is 1.05 bits per heavy atom. The number of rotatable bonds is 6. The number of carbonyl (C=O) groups is 2. The topological polar surface area (TPSA) is 55.4 Å². The normalized spacial score (nSPS) is 10.1. The molecule has 0 amide bonds. The molecule has 1 N–H and O–H groups in total. The van der Waals surface area contributed by atoms with Crippen molar-refractivity contribution in [2.24, 2.45) is 0 Å². The summed E-state index contributed by atoms with van der Waals surface area (Å²) in [6.07, 6.45) is 1.02. The van der Waals surface area contributed by atoms with E-state index >= 15 is 0 Å². The molecule has 114 valence electrons. The lowest BCUT2D eigenvalue weighted by atomic mass is 10.1. The summed E-state index contributed by atoms with van der Waals surface area (Å²) in [4.78, 5) is 22.7. The summed E-state index contributed by atoms with van der Waals surface area (Å²) in [5.41, 5.74) is 3.42. The Bertz CT molecular complexity index is 662. The number of hydrogen-bond acceptors (Lipinski definition) is 4. The SMILES string of the molecule is COC(=O)CCc1ccc(Nc2ccccc2C(C)=O)cc1. The molecule has 0 aromatic heterocycles. The molecule has 0 radical (unpaired) electrons. The molecule has 4 nitrogen and oxygen atoms in total. The van der Waals surface area contributed by atoms with Gasteiger partial charge in [-0.3, -0.25) is 9.59 Å². The Labute approximate surface area is 130 Å². The van der Waals surface area contributed by atoms with Crippen molar-refractivity contribution in [2.75, 3.05) is 12.4 Å². The quantitative estimate of drug-likeness (QED) is 0.652. The number of esters is 1. The van der Waals surface area contributed by atoms with E-state index in [0.717, 1.165) is 16.9 Å². The van der Waals surface area contributed by atoms with E-state index in [0.29, 0.717) is 18.4 Å². The molecular formula is C18H19NO3. The van der Waals surface area contributed by atoms with E-state index in [1.165, 1.54) is 7.11 Å². The van der Waals surface area contributed by atoms with Crippen molar-refractivity contribution in [3.63, 3.8) is 0 Å². The number of hydrogen-bond donors (Lipinski definition) is 1. The summed E-state index contributed by atoms with van der Waals surface area (Å²) < 4.78 is 4.63. The van der Waals surface area contributed by atoms with Gasteiger partial charge < -0.3 is 10.1 Å². The van der Waals surface area contributed by atoms with Crippen LogP contribution in [0.1, 0.15) is 29.3 Å². The fourth-order valence-corrected chi connectivity index (χ4v) is 2.16. The molecule has 0 atom stereocenters. The maximum atomic E-state index is 11.6. The fourth-order valence-electron chi connectivity index (χ4n) is 2.16. The molecule has 2 rings (SSSR count). The second-order valence-corrected chi connectivity index (χ2v) is 5.00. The maximum Gasteiger partial charge on any atom is 0.305 e. The number of methoxy groups -OCH3 is 1. The Hall–Kier alpha value is -2.62. The fraction of sp³-hybridized carbons (Fsp3) is 0.222. The van der Waals surface area contributed by atoms with Crippen LogP contribution in [0.3, 0.4) is 0 Å². The van der Waals surface area contributed by atoms with Gasteiger partial charge in [0, 0.05) is 23.4 Å². The highest BCUT2D eigenvalue weighted by atomic mass is 16.5. The Morgan fingerprint density at radius 2 is 1.73 bits per heavy atom. The first-order chi connectivity index (χ1) is 10.6. The molecule has 0 saturated carbocycles. The van der Waals surface area contributed by atoms with Gasteiger partial charge in [-0.1, -0.05) is 24.3 Å². The zero-order chi connectivity index (χ0) is 15.9. The number of aryl methyl sites for hydroxylation is 1. The third kappa shape index (κ3) is 4.19. The van der Waals surface area contributed by atoms with Gasteiger partial charge in [0.05, 0.1) is 7.11 Å². The summed E-state index contributed by atoms with van der Waals surface area (Å²) in [7, 11) is 1.39. The number of ether oxygens (including phenoxy) is 1. The van der Waals surface area contributed by atoms with Crippen LogP contribution in [-0.2, 0) is 16.0 Å². The lowest BCUT2D eigenvalue weighted by Gasteiger charge is -2.10. The van der Waals surface area contributed by atoms with E-state index < -0.39 is 0 Å². The molecule has 22 heavy (non-hydrogen) atoms. The van der Waals surface area contributed by atoms with Gasteiger partial charge in [0.2, 0.25) is 0 Å². The van der Waals surface area contributed by atoms with Crippen LogP contribution in [0, 0.1) is 0 Å². The lowest BCUT2D eigenvalue weighted by Crippen LogP contribution is -2.02. The van der Waals surface area contributed by atoms with Crippen LogP contribution >= 0.6 is 0 Å². The van der Waals surface area contributed by atoms with Gasteiger partial charge >= 0.3 is 5.97 Å². The minimum atomic E-state index is -0.211. The third-order valence-corrected chi connectivity index (χ3v) is 3.38. The first-order valence-electron chi connectivity index (χ1n) is 7.13. The molecule has 0 unspecified atom stereocenters. The van der Waals surface area contributed by atoms with Gasteiger partial charge in [-0.15, -0.1) is 0 Å². The minimum Gasteiger partial charge on any atom is -0.469 e. The van der Waals surface area contributed by atoms with Crippen LogP contribution in [0.2, 0.25) is 0 Å². The predicted octanol–water partition coefficient (Wildman–Crippen LogP) is 3.74. The molecule has 2 aromatic carbocycles. The number of benzene rings is 2. The molecule has 4 heteroatoms. The van der Waals surface area contributed by atoms with E-state index in [9.17, 15) is 9.59 Å². The molecule has 0 aliphatic heterocycles.